The minimum absolute atomic E-state index is 0.0654. The number of rotatable bonds is 4. The first kappa shape index (κ1) is 14.5. The molecule has 2 rings (SSSR count). The molecule has 0 fully saturated rings. The molecule has 0 aromatic heterocycles. The van der Waals surface area contributed by atoms with Crippen LogP contribution in [0, 0.1) is 11.6 Å². The third-order valence-corrected chi connectivity index (χ3v) is 3.22. The van der Waals surface area contributed by atoms with E-state index < -0.39 is 11.6 Å². The van der Waals surface area contributed by atoms with Gasteiger partial charge in [-0.15, -0.1) is 0 Å². The van der Waals surface area contributed by atoms with E-state index in [-0.39, 0.29) is 28.5 Å². The molecule has 2 aromatic carbocycles. The van der Waals surface area contributed by atoms with E-state index in [4.69, 9.17) is 16.3 Å². The Kier molecular flexibility index (Phi) is 4.35. The lowest BCUT2D eigenvalue weighted by Gasteiger charge is -2.06. The van der Waals surface area contributed by atoms with Crippen molar-refractivity contribution in [3.05, 3.63) is 64.2 Å². The van der Waals surface area contributed by atoms with Gasteiger partial charge in [0.15, 0.2) is 17.3 Å². The molecule has 0 bridgehead atoms. The first-order valence-corrected chi connectivity index (χ1v) is 6.20. The van der Waals surface area contributed by atoms with Gasteiger partial charge in [-0.1, -0.05) is 23.7 Å². The second-order valence-electron chi connectivity index (χ2n) is 4.17. The molecule has 0 aliphatic rings. The molecular weight excluding hydrogens is 286 g/mol. The maximum Gasteiger partial charge on any atom is 0.168 e. The van der Waals surface area contributed by atoms with Crippen LogP contribution in [0.3, 0.4) is 0 Å². The van der Waals surface area contributed by atoms with Gasteiger partial charge in [-0.25, -0.2) is 8.78 Å². The Balaban J connectivity index is 2.24. The molecule has 0 aliphatic carbocycles. The maximum absolute atomic E-state index is 13.5. The Morgan fingerprint density at radius 1 is 1.20 bits per heavy atom. The van der Waals surface area contributed by atoms with Crippen LogP contribution in [-0.4, -0.2) is 12.9 Å². The number of methoxy groups -OCH3 is 1. The second kappa shape index (κ2) is 6.01. The minimum Gasteiger partial charge on any atom is -0.494 e. The van der Waals surface area contributed by atoms with Crippen molar-refractivity contribution in [3.63, 3.8) is 0 Å². The normalized spacial score (nSPS) is 10.4. The number of ether oxygens (including phenoxy) is 1. The zero-order valence-corrected chi connectivity index (χ0v) is 11.4. The Labute approximate surface area is 119 Å². The number of hydrogen-bond donors (Lipinski definition) is 0. The van der Waals surface area contributed by atoms with Crippen LogP contribution >= 0.6 is 11.6 Å². The summed E-state index contributed by atoms with van der Waals surface area (Å²) in [4.78, 5) is 12.0. The van der Waals surface area contributed by atoms with Crippen molar-refractivity contribution in [1.82, 2.24) is 0 Å². The molecule has 20 heavy (non-hydrogen) atoms. The van der Waals surface area contributed by atoms with Gasteiger partial charge in [0.25, 0.3) is 0 Å². The molecule has 0 aliphatic heterocycles. The van der Waals surface area contributed by atoms with E-state index in [1.807, 2.05) is 0 Å². The molecule has 5 heteroatoms. The summed E-state index contributed by atoms with van der Waals surface area (Å²) in [5.74, 6) is -1.48. The summed E-state index contributed by atoms with van der Waals surface area (Å²) < 4.78 is 31.6. The molecule has 0 heterocycles. The predicted octanol–water partition coefficient (Wildman–Crippen LogP) is 4.05. The van der Waals surface area contributed by atoms with Crippen molar-refractivity contribution in [1.29, 1.82) is 0 Å². The highest BCUT2D eigenvalue weighted by molar-refractivity contribution is 6.34. The number of halogens is 3. The van der Waals surface area contributed by atoms with Gasteiger partial charge in [0, 0.05) is 12.0 Å². The Hall–Kier alpha value is -1.94. The Morgan fingerprint density at radius 2 is 1.95 bits per heavy atom. The van der Waals surface area contributed by atoms with E-state index in [1.165, 1.54) is 37.4 Å². The first-order chi connectivity index (χ1) is 9.52. The molecule has 0 atom stereocenters. The molecule has 0 saturated heterocycles. The molecule has 0 spiro atoms. The number of carbonyl (C=O) groups is 1. The zero-order chi connectivity index (χ0) is 14.7. The predicted molar refractivity (Wildman–Crippen MR) is 72.4 cm³/mol. The molecule has 104 valence electrons. The molecule has 0 N–H and O–H groups in total. The minimum atomic E-state index is -0.654. The smallest absolute Gasteiger partial charge is 0.168 e. The van der Waals surface area contributed by atoms with Gasteiger partial charge < -0.3 is 4.74 Å². The van der Waals surface area contributed by atoms with Gasteiger partial charge >= 0.3 is 0 Å². The maximum atomic E-state index is 13.5. The number of carbonyl (C=O) groups excluding carboxylic acids is 1. The molecule has 0 unspecified atom stereocenters. The molecule has 0 saturated carbocycles. The van der Waals surface area contributed by atoms with Crippen LogP contribution in [0.25, 0.3) is 0 Å². The molecule has 0 radical (unpaired) electrons. The van der Waals surface area contributed by atoms with Gasteiger partial charge in [0.1, 0.15) is 5.82 Å². The van der Waals surface area contributed by atoms with Crippen molar-refractivity contribution in [2.24, 2.45) is 0 Å². The van der Waals surface area contributed by atoms with Gasteiger partial charge in [-0.2, -0.15) is 0 Å². The van der Waals surface area contributed by atoms with E-state index in [0.29, 0.717) is 5.56 Å². The largest absolute Gasteiger partial charge is 0.494 e. The van der Waals surface area contributed by atoms with Crippen LogP contribution in [-0.2, 0) is 6.42 Å². The van der Waals surface area contributed by atoms with Crippen LogP contribution in [0.4, 0.5) is 8.78 Å². The summed E-state index contributed by atoms with van der Waals surface area (Å²) in [6.07, 6.45) is -0.0654. The quantitative estimate of drug-likeness (QED) is 0.796. The van der Waals surface area contributed by atoms with Crippen molar-refractivity contribution < 1.29 is 18.3 Å². The average molecular weight is 297 g/mol. The highest BCUT2D eigenvalue weighted by atomic mass is 35.5. The van der Waals surface area contributed by atoms with Crippen molar-refractivity contribution in [3.8, 4) is 5.75 Å². The summed E-state index contributed by atoms with van der Waals surface area (Å²) in [5, 5.41) is -0.216. The summed E-state index contributed by atoms with van der Waals surface area (Å²) >= 11 is 5.74. The fourth-order valence-corrected chi connectivity index (χ4v) is 2.05. The van der Waals surface area contributed by atoms with Crippen molar-refractivity contribution in [2.75, 3.05) is 7.11 Å². The molecular formula is C15H11ClF2O2. The number of benzene rings is 2. The topological polar surface area (TPSA) is 26.3 Å². The standard InChI is InChI=1S/C15H11ClF2O2/c1-20-14-6-5-9(7-12(14)18)8-13(19)10-3-2-4-11(17)15(10)16/h2-7H,8H2,1H3. The first-order valence-electron chi connectivity index (χ1n) is 5.82. The van der Waals surface area contributed by atoms with Crippen molar-refractivity contribution >= 4 is 17.4 Å². The molecule has 2 aromatic rings. The van der Waals surface area contributed by atoms with Gasteiger partial charge in [-0.3, -0.25) is 4.79 Å². The number of hydrogen-bond acceptors (Lipinski definition) is 2. The van der Waals surface area contributed by atoms with E-state index in [1.54, 1.807) is 6.07 Å². The van der Waals surface area contributed by atoms with E-state index in [0.717, 1.165) is 0 Å². The highest BCUT2D eigenvalue weighted by Crippen LogP contribution is 2.23. The van der Waals surface area contributed by atoms with Crippen molar-refractivity contribution in [2.45, 2.75) is 6.42 Å². The van der Waals surface area contributed by atoms with E-state index >= 15 is 0 Å². The third kappa shape index (κ3) is 2.96. The second-order valence-corrected chi connectivity index (χ2v) is 4.55. The lowest BCUT2D eigenvalue weighted by Crippen LogP contribution is -2.05. The van der Waals surface area contributed by atoms with Crippen LogP contribution in [0.1, 0.15) is 15.9 Å². The van der Waals surface area contributed by atoms with Crippen LogP contribution in [0.2, 0.25) is 5.02 Å². The van der Waals surface area contributed by atoms with E-state index in [2.05, 4.69) is 0 Å². The molecule has 0 amide bonds. The van der Waals surface area contributed by atoms with Gasteiger partial charge in [0.05, 0.1) is 12.1 Å². The molecule has 2 nitrogen and oxygen atoms in total. The summed E-state index contributed by atoms with van der Waals surface area (Å²) in [6, 6.07) is 8.24. The summed E-state index contributed by atoms with van der Waals surface area (Å²) in [6.45, 7) is 0. The Morgan fingerprint density at radius 3 is 2.60 bits per heavy atom. The Bertz CT molecular complexity index is 656. The number of Topliss-reactive ketones (excluding diaryl/α,β-unsaturated/α-hetero) is 1. The third-order valence-electron chi connectivity index (χ3n) is 2.83. The van der Waals surface area contributed by atoms with Crippen LogP contribution in [0.15, 0.2) is 36.4 Å². The highest BCUT2D eigenvalue weighted by Gasteiger charge is 2.15. The van der Waals surface area contributed by atoms with Gasteiger partial charge in [-0.05, 0) is 29.8 Å². The van der Waals surface area contributed by atoms with Crippen LogP contribution < -0.4 is 4.74 Å². The lowest BCUT2D eigenvalue weighted by molar-refractivity contribution is 0.0992. The van der Waals surface area contributed by atoms with Gasteiger partial charge in [0.2, 0.25) is 0 Å². The SMILES string of the molecule is COc1ccc(CC(=O)c2cccc(F)c2Cl)cc1F. The average Bonchev–Trinajstić information content (AvgIpc) is 2.42. The monoisotopic (exact) mass is 296 g/mol. The fraction of sp³-hybridized carbons (Fsp3) is 0.133. The summed E-state index contributed by atoms with van der Waals surface area (Å²) in [5.41, 5.74) is 0.552. The summed E-state index contributed by atoms with van der Waals surface area (Å²) in [7, 11) is 1.36. The van der Waals surface area contributed by atoms with E-state index in [9.17, 15) is 13.6 Å². The zero-order valence-electron chi connectivity index (χ0n) is 10.6. The number of ketones is 1. The lowest BCUT2D eigenvalue weighted by atomic mass is 10.0. The fourth-order valence-electron chi connectivity index (χ4n) is 1.82. The van der Waals surface area contributed by atoms with Crippen LogP contribution in [0.5, 0.6) is 5.75 Å².